The number of esters is 2. The van der Waals surface area contributed by atoms with Gasteiger partial charge >= 0.3 is 11.9 Å². The van der Waals surface area contributed by atoms with Gasteiger partial charge in [0.2, 0.25) is 0 Å². The minimum Gasteiger partial charge on any atom is -0.458 e. The van der Waals surface area contributed by atoms with Crippen molar-refractivity contribution in [3.63, 3.8) is 0 Å². The van der Waals surface area contributed by atoms with Crippen LogP contribution in [0.25, 0.3) is 0 Å². The zero-order valence-corrected chi connectivity index (χ0v) is 26.3. The molecule has 0 aromatic carbocycles. The molecule has 0 aliphatic heterocycles. The van der Waals surface area contributed by atoms with Crippen molar-refractivity contribution in [1.82, 2.24) is 0 Å². The largest absolute Gasteiger partial charge is 0.458 e. The van der Waals surface area contributed by atoms with E-state index in [1.165, 1.54) is 25.7 Å². The van der Waals surface area contributed by atoms with E-state index >= 15 is 0 Å². The van der Waals surface area contributed by atoms with E-state index in [0.717, 1.165) is 19.3 Å². The molecule has 4 aliphatic rings. The number of aliphatic hydroxyl groups is 4. The molecule has 2 saturated carbocycles. The molecular weight excluding hydrogens is 536 g/mol. The van der Waals surface area contributed by atoms with Gasteiger partial charge in [-0.15, -0.1) is 0 Å². The first-order valence-corrected chi connectivity index (χ1v) is 15.9. The molecule has 8 heteroatoms. The van der Waals surface area contributed by atoms with Crippen LogP contribution in [0.4, 0.5) is 0 Å². The molecule has 1 spiro atoms. The quantitative estimate of drug-likeness (QED) is 0.112. The molecule has 4 rings (SSSR count). The number of unbranched alkanes of at least 4 members (excludes halogenated alkanes) is 6. The fourth-order valence-electron chi connectivity index (χ4n) is 8.55. The summed E-state index contributed by atoms with van der Waals surface area (Å²) < 4.78 is 12.1. The lowest BCUT2D eigenvalue weighted by molar-refractivity contribution is -0.213. The van der Waals surface area contributed by atoms with E-state index in [1.54, 1.807) is 39.0 Å². The summed E-state index contributed by atoms with van der Waals surface area (Å²) in [5.74, 6) is -1.79. The number of aliphatic hydroxyl groups excluding tert-OH is 3. The highest BCUT2D eigenvalue weighted by Crippen LogP contribution is 2.75. The second kappa shape index (κ2) is 12.2. The Balaban J connectivity index is 1.63. The van der Waals surface area contributed by atoms with Crippen LogP contribution in [-0.4, -0.2) is 68.5 Å². The van der Waals surface area contributed by atoms with Gasteiger partial charge in [0.15, 0.2) is 6.10 Å². The third-order valence-electron chi connectivity index (χ3n) is 11.1. The lowest BCUT2D eigenvalue weighted by Gasteiger charge is -2.49. The number of fused-ring (bicyclic) bond motifs is 3. The highest BCUT2D eigenvalue weighted by Gasteiger charge is 2.81. The Morgan fingerprint density at radius 2 is 1.71 bits per heavy atom. The van der Waals surface area contributed by atoms with E-state index in [9.17, 15) is 30.0 Å². The van der Waals surface area contributed by atoms with Crippen molar-refractivity contribution < 1.29 is 39.5 Å². The van der Waals surface area contributed by atoms with Crippen LogP contribution in [0.2, 0.25) is 0 Å². The van der Waals surface area contributed by atoms with Crippen LogP contribution in [0.1, 0.15) is 106 Å². The molecule has 4 N–H and O–H groups in total. The van der Waals surface area contributed by atoms with Crippen LogP contribution >= 0.6 is 0 Å². The summed E-state index contributed by atoms with van der Waals surface area (Å²) in [6.07, 6.45) is 9.59. The van der Waals surface area contributed by atoms with Gasteiger partial charge in [-0.25, -0.2) is 4.79 Å². The van der Waals surface area contributed by atoms with E-state index in [2.05, 4.69) is 6.92 Å². The molecule has 0 aromatic heterocycles. The molecular formula is C34H52O8. The topological polar surface area (TPSA) is 134 Å². The maximum Gasteiger partial charge on any atom is 0.334 e. The van der Waals surface area contributed by atoms with Gasteiger partial charge in [0, 0.05) is 29.2 Å². The summed E-state index contributed by atoms with van der Waals surface area (Å²) in [5.41, 5.74) is -3.83. The number of hydrogen-bond donors (Lipinski definition) is 4. The van der Waals surface area contributed by atoms with Crippen LogP contribution in [0.5, 0.6) is 0 Å². The fraction of sp³-hybridized carbons (Fsp3) is 0.765. The minimum absolute atomic E-state index is 0.156. The van der Waals surface area contributed by atoms with Crippen molar-refractivity contribution in [1.29, 1.82) is 0 Å². The summed E-state index contributed by atoms with van der Waals surface area (Å²) in [6.45, 7) is 10.7. The first kappa shape index (κ1) is 32.9. The number of rotatable bonds is 12. The van der Waals surface area contributed by atoms with Gasteiger partial charge < -0.3 is 29.9 Å². The second-order valence-corrected chi connectivity index (χ2v) is 13.8. The Kier molecular flexibility index (Phi) is 9.54. The average molecular weight is 589 g/mol. The minimum atomic E-state index is -2.13. The van der Waals surface area contributed by atoms with Gasteiger partial charge in [0.05, 0.1) is 18.1 Å². The van der Waals surface area contributed by atoms with E-state index in [0.29, 0.717) is 24.0 Å². The molecule has 8 atom stereocenters. The Hall–Kier alpha value is -2.00. The van der Waals surface area contributed by atoms with Crippen molar-refractivity contribution in [3.05, 3.63) is 34.9 Å². The monoisotopic (exact) mass is 588 g/mol. The SMILES string of the molecule is C/C=C(\C)C(=O)O[C@H]1C(C)=C[C@@]23CC[C@]4(OC(=O)CCCCCCCCC)[C@H]([C@H](C=C(CO)[C@@H](O)[C@]12O)C3O)C4(C)C. The molecule has 0 radical (unpaired) electrons. The average Bonchev–Trinajstić information content (AvgIpc) is 3.39. The number of hydrogen-bond acceptors (Lipinski definition) is 8. The van der Waals surface area contributed by atoms with Crippen LogP contribution in [0, 0.1) is 22.7 Å². The highest BCUT2D eigenvalue weighted by atomic mass is 16.6. The first-order valence-electron chi connectivity index (χ1n) is 15.9. The Morgan fingerprint density at radius 1 is 1.07 bits per heavy atom. The van der Waals surface area contributed by atoms with Gasteiger partial charge in [-0.2, -0.15) is 0 Å². The third kappa shape index (κ3) is 5.00. The Labute approximate surface area is 250 Å². The van der Waals surface area contributed by atoms with Crippen molar-refractivity contribution in [2.75, 3.05) is 6.61 Å². The van der Waals surface area contributed by atoms with Gasteiger partial charge in [0.25, 0.3) is 0 Å². The van der Waals surface area contributed by atoms with Crippen LogP contribution in [0.3, 0.4) is 0 Å². The predicted octanol–water partition coefficient (Wildman–Crippen LogP) is 4.68. The zero-order chi connectivity index (χ0) is 31.1. The maximum atomic E-state index is 13.2. The van der Waals surface area contributed by atoms with E-state index in [1.807, 2.05) is 13.8 Å². The molecule has 0 saturated heterocycles. The molecule has 2 fully saturated rings. The summed E-state index contributed by atoms with van der Waals surface area (Å²) in [7, 11) is 0. The van der Waals surface area contributed by atoms with Crippen LogP contribution in [0.15, 0.2) is 34.9 Å². The summed E-state index contributed by atoms with van der Waals surface area (Å²) in [6, 6.07) is 0. The molecule has 42 heavy (non-hydrogen) atoms. The summed E-state index contributed by atoms with van der Waals surface area (Å²) in [4.78, 5) is 26.0. The number of ether oxygens (including phenoxy) is 2. The number of carbonyl (C=O) groups is 2. The zero-order valence-electron chi connectivity index (χ0n) is 26.3. The van der Waals surface area contributed by atoms with E-state index in [-0.39, 0.29) is 23.9 Å². The molecule has 8 nitrogen and oxygen atoms in total. The van der Waals surface area contributed by atoms with Gasteiger partial charge in [-0.1, -0.05) is 77.5 Å². The van der Waals surface area contributed by atoms with Crippen molar-refractivity contribution in [3.8, 4) is 0 Å². The molecule has 2 bridgehead atoms. The van der Waals surface area contributed by atoms with Crippen LogP contribution in [-0.2, 0) is 19.1 Å². The van der Waals surface area contributed by atoms with Gasteiger partial charge in [-0.05, 0) is 51.2 Å². The Bertz CT molecular complexity index is 1140. The highest BCUT2D eigenvalue weighted by molar-refractivity contribution is 5.88. The number of allylic oxidation sites excluding steroid dienone is 1. The van der Waals surface area contributed by atoms with Crippen molar-refractivity contribution >= 4 is 11.9 Å². The van der Waals surface area contributed by atoms with Gasteiger partial charge in [0.1, 0.15) is 17.3 Å². The smallest absolute Gasteiger partial charge is 0.334 e. The molecule has 0 heterocycles. The fourth-order valence-corrected chi connectivity index (χ4v) is 8.55. The molecule has 4 aliphatic carbocycles. The lowest BCUT2D eigenvalue weighted by Crippen LogP contribution is -2.65. The molecule has 0 amide bonds. The third-order valence-corrected chi connectivity index (χ3v) is 11.1. The first-order chi connectivity index (χ1) is 19.8. The molecule has 1 unspecified atom stereocenters. The lowest BCUT2D eigenvalue weighted by atomic mass is 9.62. The summed E-state index contributed by atoms with van der Waals surface area (Å²) >= 11 is 0. The second-order valence-electron chi connectivity index (χ2n) is 13.8. The van der Waals surface area contributed by atoms with Crippen molar-refractivity contribution in [2.45, 2.75) is 135 Å². The van der Waals surface area contributed by atoms with Crippen molar-refractivity contribution in [2.24, 2.45) is 22.7 Å². The Morgan fingerprint density at radius 3 is 2.33 bits per heavy atom. The summed E-state index contributed by atoms with van der Waals surface area (Å²) in [5, 5.41) is 46.6. The standard InChI is InChI=1S/C34H52O8/c1-7-9-10-11-12-13-14-15-25(36)42-33-17-16-32-19-22(4)29(41-30(39)21(3)8-2)34(32,40)27(37)23(20-35)18-24(28(32)38)26(33)31(33,5)6/h8,18-19,24,26-29,35,37-38,40H,7,9-17,20H2,1-6H3/b21-8+/t24-,26+,27+,28?,29-,32+,33-,34-/m0/s1. The van der Waals surface area contributed by atoms with E-state index < -0.39 is 58.8 Å². The normalized spacial score (nSPS) is 38.3. The van der Waals surface area contributed by atoms with Crippen LogP contribution < -0.4 is 0 Å². The number of carbonyl (C=O) groups excluding carboxylic acids is 2. The maximum absolute atomic E-state index is 13.2. The van der Waals surface area contributed by atoms with E-state index in [4.69, 9.17) is 9.47 Å². The predicted molar refractivity (Wildman–Crippen MR) is 159 cm³/mol. The van der Waals surface area contributed by atoms with Gasteiger partial charge in [-0.3, -0.25) is 4.79 Å². The molecule has 236 valence electrons. The molecule has 0 aromatic rings.